The number of hydrogen-bond acceptors (Lipinski definition) is 3. The van der Waals surface area contributed by atoms with Crippen molar-refractivity contribution in [3.8, 4) is 5.75 Å². The molecule has 0 aliphatic rings. The fourth-order valence-electron chi connectivity index (χ4n) is 2.31. The standard InChI is InChI=1S/C21H16F2O3/c22-17-9-5-15(6-10-17)13-25-20-4-2-1-3-19(20)21(24)26-14-16-7-11-18(23)12-8-16/h1-12H,13-14H2. The molecule has 0 aliphatic carbocycles. The second kappa shape index (κ2) is 8.25. The first-order valence-corrected chi connectivity index (χ1v) is 7.99. The van der Waals surface area contributed by atoms with Crippen molar-refractivity contribution in [2.75, 3.05) is 0 Å². The van der Waals surface area contributed by atoms with Crippen LogP contribution in [0, 0.1) is 11.6 Å². The van der Waals surface area contributed by atoms with E-state index < -0.39 is 5.97 Å². The number of ether oxygens (including phenoxy) is 2. The quantitative estimate of drug-likeness (QED) is 0.591. The van der Waals surface area contributed by atoms with Gasteiger partial charge in [0.15, 0.2) is 0 Å². The van der Waals surface area contributed by atoms with Crippen molar-refractivity contribution >= 4 is 5.97 Å². The third-order valence-electron chi connectivity index (χ3n) is 3.70. The van der Waals surface area contributed by atoms with Crippen molar-refractivity contribution in [3.63, 3.8) is 0 Å². The summed E-state index contributed by atoms with van der Waals surface area (Å²) < 4.78 is 36.8. The van der Waals surface area contributed by atoms with Crippen LogP contribution < -0.4 is 4.74 Å². The van der Waals surface area contributed by atoms with Gasteiger partial charge in [0, 0.05) is 0 Å². The highest BCUT2D eigenvalue weighted by atomic mass is 19.1. The lowest BCUT2D eigenvalue weighted by molar-refractivity contribution is 0.0467. The number of hydrogen-bond donors (Lipinski definition) is 0. The van der Waals surface area contributed by atoms with Crippen LogP contribution in [0.1, 0.15) is 21.5 Å². The van der Waals surface area contributed by atoms with Gasteiger partial charge in [0.05, 0.1) is 0 Å². The van der Waals surface area contributed by atoms with Crippen LogP contribution >= 0.6 is 0 Å². The molecule has 0 aliphatic heterocycles. The van der Waals surface area contributed by atoms with Gasteiger partial charge < -0.3 is 9.47 Å². The van der Waals surface area contributed by atoms with Gasteiger partial charge in [-0.3, -0.25) is 0 Å². The van der Waals surface area contributed by atoms with Gasteiger partial charge in [-0.05, 0) is 47.5 Å². The number of rotatable bonds is 6. The summed E-state index contributed by atoms with van der Waals surface area (Å²) >= 11 is 0. The minimum atomic E-state index is -0.538. The van der Waals surface area contributed by atoms with Crippen LogP contribution in [0.25, 0.3) is 0 Å². The van der Waals surface area contributed by atoms with Gasteiger partial charge in [-0.15, -0.1) is 0 Å². The van der Waals surface area contributed by atoms with E-state index in [1.54, 1.807) is 48.5 Å². The Morgan fingerprint density at radius 1 is 0.731 bits per heavy atom. The van der Waals surface area contributed by atoms with Gasteiger partial charge in [0.1, 0.15) is 36.2 Å². The van der Waals surface area contributed by atoms with E-state index in [-0.39, 0.29) is 30.4 Å². The maximum absolute atomic E-state index is 12.9. The van der Waals surface area contributed by atoms with Gasteiger partial charge in [-0.25, -0.2) is 13.6 Å². The number of para-hydroxylation sites is 1. The number of carbonyl (C=O) groups excluding carboxylic acids is 1. The Balaban J connectivity index is 1.64. The van der Waals surface area contributed by atoms with E-state index in [9.17, 15) is 13.6 Å². The zero-order valence-corrected chi connectivity index (χ0v) is 13.8. The summed E-state index contributed by atoms with van der Waals surface area (Å²) in [4.78, 5) is 12.3. The fourth-order valence-corrected chi connectivity index (χ4v) is 2.31. The molecule has 0 spiro atoms. The molecular formula is C21H16F2O3. The third kappa shape index (κ3) is 4.66. The highest BCUT2D eigenvalue weighted by molar-refractivity contribution is 5.92. The highest BCUT2D eigenvalue weighted by Gasteiger charge is 2.14. The molecule has 0 amide bonds. The first-order chi connectivity index (χ1) is 12.6. The lowest BCUT2D eigenvalue weighted by Crippen LogP contribution is -2.08. The Morgan fingerprint density at radius 2 is 1.27 bits per heavy atom. The maximum atomic E-state index is 12.9. The molecule has 0 unspecified atom stereocenters. The van der Waals surface area contributed by atoms with Gasteiger partial charge in [-0.2, -0.15) is 0 Å². The number of halogens is 2. The Hall–Kier alpha value is -3.21. The summed E-state index contributed by atoms with van der Waals surface area (Å²) in [6.45, 7) is 0.230. The van der Waals surface area contributed by atoms with Crippen molar-refractivity contribution in [2.45, 2.75) is 13.2 Å². The maximum Gasteiger partial charge on any atom is 0.342 e. The number of benzene rings is 3. The van der Waals surface area contributed by atoms with Crippen LogP contribution in [0.3, 0.4) is 0 Å². The van der Waals surface area contributed by atoms with E-state index in [2.05, 4.69) is 0 Å². The van der Waals surface area contributed by atoms with Crippen LogP contribution in [0.2, 0.25) is 0 Å². The lowest BCUT2D eigenvalue weighted by atomic mass is 10.2. The molecule has 26 heavy (non-hydrogen) atoms. The molecule has 0 atom stereocenters. The highest BCUT2D eigenvalue weighted by Crippen LogP contribution is 2.21. The van der Waals surface area contributed by atoms with Crippen molar-refractivity contribution in [2.24, 2.45) is 0 Å². The lowest BCUT2D eigenvalue weighted by Gasteiger charge is -2.11. The van der Waals surface area contributed by atoms with Gasteiger partial charge in [0.25, 0.3) is 0 Å². The Morgan fingerprint density at radius 3 is 1.88 bits per heavy atom. The number of carbonyl (C=O) groups is 1. The molecule has 0 heterocycles. The largest absolute Gasteiger partial charge is 0.488 e. The zero-order chi connectivity index (χ0) is 18.4. The van der Waals surface area contributed by atoms with Crippen LogP contribution in [0.4, 0.5) is 8.78 Å². The second-order valence-electron chi connectivity index (χ2n) is 5.61. The summed E-state index contributed by atoms with van der Waals surface area (Å²) in [7, 11) is 0. The number of esters is 1. The van der Waals surface area contributed by atoms with E-state index in [4.69, 9.17) is 9.47 Å². The smallest absolute Gasteiger partial charge is 0.342 e. The summed E-state index contributed by atoms with van der Waals surface area (Å²) in [5.74, 6) is -0.830. The van der Waals surface area contributed by atoms with Crippen molar-refractivity contribution in [3.05, 3.63) is 101 Å². The Labute approximate surface area is 149 Å². The molecule has 0 bridgehead atoms. The molecule has 3 aromatic rings. The molecule has 0 N–H and O–H groups in total. The summed E-state index contributed by atoms with van der Waals surface area (Å²) in [6.07, 6.45) is 0. The van der Waals surface area contributed by atoms with E-state index in [0.29, 0.717) is 11.3 Å². The Bertz CT molecular complexity index is 875. The molecule has 3 rings (SSSR count). The average Bonchev–Trinajstić information content (AvgIpc) is 2.67. The van der Waals surface area contributed by atoms with Gasteiger partial charge >= 0.3 is 5.97 Å². The molecule has 132 valence electrons. The molecule has 0 radical (unpaired) electrons. The van der Waals surface area contributed by atoms with Crippen LogP contribution in [-0.2, 0) is 18.0 Å². The molecule has 0 saturated carbocycles. The minimum absolute atomic E-state index is 0.0331. The van der Waals surface area contributed by atoms with Crippen LogP contribution in [-0.4, -0.2) is 5.97 Å². The van der Waals surface area contributed by atoms with Crippen molar-refractivity contribution in [1.29, 1.82) is 0 Å². The SMILES string of the molecule is O=C(OCc1ccc(F)cc1)c1ccccc1OCc1ccc(F)cc1. The molecule has 3 nitrogen and oxygen atoms in total. The normalized spacial score (nSPS) is 10.4. The molecule has 0 saturated heterocycles. The Kier molecular flexibility index (Phi) is 5.59. The summed E-state index contributed by atoms with van der Waals surface area (Å²) in [6, 6.07) is 18.4. The minimum Gasteiger partial charge on any atom is -0.488 e. The first kappa shape index (κ1) is 17.6. The van der Waals surface area contributed by atoms with E-state index in [0.717, 1.165) is 5.56 Å². The predicted octanol–water partition coefficient (Wildman–Crippen LogP) is 4.90. The zero-order valence-electron chi connectivity index (χ0n) is 13.8. The van der Waals surface area contributed by atoms with Crippen molar-refractivity contribution in [1.82, 2.24) is 0 Å². The van der Waals surface area contributed by atoms with E-state index in [1.165, 1.54) is 24.3 Å². The monoisotopic (exact) mass is 354 g/mol. The fraction of sp³-hybridized carbons (Fsp3) is 0.0952. The molecule has 0 fully saturated rings. The van der Waals surface area contributed by atoms with Crippen LogP contribution in [0.5, 0.6) is 5.75 Å². The first-order valence-electron chi connectivity index (χ1n) is 7.99. The predicted molar refractivity (Wildman–Crippen MR) is 92.7 cm³/mol. The third-order valence-corrected chi connectivity index (χ3v) is 3.70. The van der Waals surface area contributed by atoms with Crippen LogP contribution in [0.15, 0.2) is 72.8 Å². The summed E-state index contributed by atoms with van der Waals surface area (Å²) in [5, 5.41) is 0. The molecule has 0 aromatic heterocycles. The topological polar surface area (TPSA) is 35.5 Å². The molecule has 5 heteroatoms. The van der Waals surface area contributed by atoms with Gasteiger partial charge in [0.2, 0.25) is 0 Å². The van der Waals surface area contributed by atoms with Crippen molar-refractivity contribution < 1.29 is 23.0 Å². The molecule has 3 aromatic carbocycles. The molecular weight excluding hydrogens is 338 g/mol. The van der Waals surface area contributed by atoms with E-state index >= 15 is 0 Å². The van der Waals surface area contributed by atoms with E-state index in [1.807, 2.05) is 0 Å². The summed E-state index contributed by atoms with van der Waals surface area (Å²) in [5.41, 5.74) is 1.75. The second-order valence-corrected chi connectivity index (χ2v) is 5.61. The van der Waals surface area contributed by atoms with Gasteiger partial charge in [-0.1, -0.05) is 36.4 Å². The average molecular weight is 354 g/mol.